The summed E-state index contributed by atoms with van der Waals surface area (Å²) in [5.74, 6) is -0.446. The minimum Gasteiger partial charge on any atom is -0.496 e. The van der Waals surface area contributed by atoms with Gasteiger partial charge >= 0.3 is 5.97 Å². The lowest BCUT2D eigenvalue weighted by Gasteiger charge is -2.25. The smallest absolute Gasteiger partial charge is 0.306 e. The number of hydrogen-bond acceptors (Lipinski definition) is 6. The van der Waals surface area contributed by atoms with Crippen LogP contribution in [0.4, 0.5) is 11.4 Å². The zero-order valence-corrected chi connectivity index (χ0v) is 24.7. The summed E-state index contributed by atoms with van der Waals surface area (Å²) in [5, 5.41) is 3.38. The molecule has 0 spiro atoms. The minimum absolute atomic E-state index is 0.246. The summed E-state index contributed by atoms with van der Waals surface area (Å²) >= 11 is 6.35. The summed E-state index contributed by atoms with van der Waals surface area (Å²) in [5.41, 5.74) is 3.63. The lowest BCUT2D eigenvalue weighted by Crippen LogP contribution is -2.32. The maximum atomic E-state index is 13.9. The highest BCUT2D eigenvalue weighted by molar-refractivity contribution is 6.30. The van der Waals surface area contributed by atoms with Crippen molar-refractivity contribution in [2.45, 2.75) is 38.7 Å². The molecule has 8 nitrogen and oxygen atoms in total. The largest absolute Gasteiger partial charge is 0.496 e. The molecule has 0 saturated carbocycles. The molecule has 0 bridgehead atoms. The second-order valence-electron chi connectivity index (χ2n) is 10.4. The number of carbonyl (C=O) groups excluding carboxylic acids is 3. The van der Waals surface area contributed by atoms with Gasteiger partial charge in [-0.3, -0.25) is 14.4 Å². The van der Waals surface area contributed by atoms with Gasteiger partial charge in [-0.15, -0.1) is 0 Å². The third-order valence-corrected chi connectivity index (χ3v) is 7.29. The zero-order valence-electron chi connectivity index (χ0n) is 23.9. The molecule has 1 heterocycles. The predicted octanol–water partition coefficient (Wildman–Crippen LogP) is 6.28. The molecule has 4 rings (SSSR count). The average Bonchev–Trinajstić information content (AvgIpc) is 3.11. The molecule has 0 aliphatic carbocycles. The van der Waals surface area contributed by atoms with Gasteiger partial charge in [0.05, 0.1) is 18.4 Å². The number of anilines is 2. The van der Waals surface area contributed by atoms with Crippen LogP contribution in [-0.4, -0.2) is 57.0 Å². The van der Waals surface area contributed by atoms with Gasteiger partial charge < -0.3 is 24.6 Å². The number of halogens is 1. The normalized spacial score (nSPS) is 14.7. The first-order valence-corrected chi connectivity index (χ1v) is 14.1. The molecule has 0 saturated heterocycles. The van der Waals surface area contributed by atoms with Gasteiger partial charge in [-0.2, -0.15) is 0 Å². The Morgan fingerprint density at radius 2 is 1.83 bits per heavy atom. The maximum Gasteiger partial charge on any atom is 0.306 e. The highest BCUT2D eigenvalue weighted by Gasteiger charge is 2.31. The van der Waals surface area contributed by atoms with Gasteiger partial charge in [-0.1, -0.05) is 29.8 Å². The Morgan fingerprint density at radius 3 is 2.56 bits per heavy atom. The van der Waals surface area contributed by atoms with Crippen LogP contribution in [-0.2, 0) is 9.53 Å². The number of aryl methyl sites for hydroxylation is 1. The molecule has 1 unspecified atom stereocenters. The molecule has 3 aromatic carbocycles. The summed E-state index contributed by atoms with van der Waals surface area (Å²) in [6, 6.07) is 17.6. The topological polar surface area (TPSA) is 88.2 Å². The fraction of sp³-hybridized carbons (Fsp3) is 0.344. The van der Waals surface area contributed by atoms with Gasteiger partial charge in [0, 0.05) is 40.9 Å². The number of benzene rings is 3. The van der Waals surface area contributed by atoms with Crippen LogP contribution < -0.4 is 15.0 Å². The quantitative estimate of drug-likeness (QED) is 0.301. The third-order valence-electron chi connectivity index (χ3n) is 7.06. The van der Waals surface area contributed by atoms with E-state index in [1.165, 1.54) is 7.11 Å². The number of amides is 2. The van der Waals surface area contributed by atoms with Crippen LogP contribution in [0, 0.1) is 6.92 Å². The predicted molar refractivity (Wildman–Crippen MR) is 161 cm³/mol. The molecule has 9 heteroatoms. The van der Waals surface area contributed by atoms with Crippen molar-refractivity contribution in [3.8, 4) is 5.75 Å². The highest BCUT2D eigenvalue weighted by Crippen LogP contribution is 2.39. The van der Waals surface area contributed by atoms with E-state index in [9.17, 15) is 14.4 Å². The van der Waals surface area contributed by atoms with E-state index in [1.807, 2.05) is 44.1 Å². The lowest BCUT2D eigenvalue weighted by atomic mass is 10.0. The average molecular weight is 578 g/mol. The molecule has 2 amide bonds. The number of ether oxygens (including phenoxy) is 2. The zero-order chi connectivity index (χ0) is 29.5. The summed E-state index contributed by atoms with van der Waals surface area (Å²) in [6.07, 6.45) is 1.71. The lowest BCUT2D eigenvalue weighted by molar-refractivity contribution is -0.150. The van der Waals surface area contributed by atoms with Crippen LogP contribution in [0.1, 0.15) is 63.6 Å². The molecule has 1 N–H and O–H groups in total. The molecule has 0 radical (unpaired) electrons. The van der Waals surface area contributed by atoms with Crippen LogP contribution in [0.15, 0.2) is 60.7 Å². The van der Waals surface area contributed by atoms with E-state index in [0.717, 1.165) is 12.1 Å². The molecule has 1 aliphatic heterocycles. The minimum atomic E-state index is -0.505. The summed E-state index contributed by atoms with van der Waals surface area (Å²) in [7, 11) is 5.41. The molecule has 41 heavy (non-hydrogen) atoms. The van der Waals surface area contributed by atoms with Crippen molar-refractivity contribution in [2.24, 2.45) is 0 Å². The number of methoxy groups -OCH3 is 1. The van der Waals surface area contributed by atoms with Crippen molar-refractivity contribution in [1.29, 1.82) is 0 Å². The van der Waals surface area contributed by atoms with Crippen LogP contribution in [0.25, 0.3) is 0 Å². The van der Waals surface area contributed by atoms with E-state index in [2.05, 4.69) is 5.32 Å². The van der Waals surface area contributed by atoms with E-state index in [1.54, 1.807) is 47.4 Å². The number of hydrogen-bond donors (Lipinski definition) is 1. The molecule has 3 aromatic rings. The SMILES string of the molecule is COc1cc(NC(=O)c2ccccc2C)ccc1C(=O)N1CCCC(OC(=O)CCCN(C)C)c2cc(Cl)ccc21. The summed E-state index contributed by atoms with van der Waals surface area (Å²) in [4.78, 5) is 43.1. The Balaban J connectivity index is 1.56. The summed E-state index contributed by atoms with van der Waals surface area (Å²) in [6.45, 7) is 3.10. The molecular weight excluding hydrogens is 542 g/mol. The Hall–Kier alpha value is -3.88. The number of carbonyl (C=O) groups is 3. The van der Waals surface area contributed by atoms with Crippen LogP contribution in [0.5, 0.6) is 5.75 Å². The van der Waals surface area contributed by atoms with Gasteiger partial charge in [0.25, 0.3) is 11.8 Å². The number of rotatable bonds is 9. The van der Waals surface area contributed by atoms with Crippen molar-refractivity contribution < 1.29 is 23.9 Å². The molecule has 0 aromatic heterocycles. The Bertz CT molecular complexity index is 1420. The van der Waals surface area contributed by atoms with Crippen molar-refractivity contribution in [1.82, 2.24) is 4.90 Å². The highest BCUT2D eigenvalue weighted by atomic mass is 35.5. The van der Waals surface area contributed by atoms with Gasteiger partial charge in [-0.25, -0.2) is 0 Å². The van der Waals surface area contributed by atoms with Crippen LogP contribution in [0.3, 0.4) is 0 Å². The molecule has 1 aliphatic rings. The number of fused-ring (bicyclic) bond motifs is 1. The van der Waals surface area contributed by atoms with Crippen molar-refractivity contribution in [2.75, 3.05) is 44.5 Å². The third kappa shape index (κ3) is 7.45. The fourth-order valence-corrected chi connectivity index (χ4v) is 5.13. The van der Waals surface area contributed by atoms with Gasteiger partial charge in [0.1, 0.15) is 11.9 Å². The van der Waals surface area contributed by atoms with E-state index in [0.29, 0.717) is 71.1 Å². The van der Waals surface area contributed by atoms with E-state index in [-0.39, 0.29) is 17.8 Å². The Morgan fingerprint density at radius 1 is 1.05 bits per heavy atom. The second kappa shape index (κ2) is 13.7. The van der Waals surface area contributed by atoms with Crippen LogP contribution >= 0.6 is 11.6 Å². The van der Waals surface area contributed by atoms with E-state index in [4.69, 9.17) is 21.1 Å². The van der Waals surface area contributed by atoms with Crippen molar-refractivity contribution in [3.63, 3.8) is 0 Å². The first-order valence-electron chi connectivity index (χ1n) is 13.7. The van der Waals surface area contributed by atoms with E-state index < -0.39 is 6.10 Å². The van der Waals surface area contributed by atoms with Crippen molar-refractivity contribution >= 4 is 40.8 Å². The maximum absolute atomic E-state index is 13.9. The van der Waals surface area contributed by atoms with Gasteiger partial charge in [0.2, 0.25) is 0 Å². The standard InChI is InChI=1S/C32H36ClN3O5/c1-21-9-5-6-10-24(21)31(38)34-23-14-15-25(29(20-23)40-4)32(39)36-18-7-11-28(26-19-22(33)13-16-27(26)36)41-30(37)12-8-17-35(2)3/h5-6,9-10,13-16,19-20,28H,7-8,11-12,17-18H2,1-4H3,(H,34,38). The molecule has 216 valence electrons. The first kappa shape index (κ1) is 30.1. The fourth-order valence-electron chi connectivity index (χ4n) is 4.95. The number of nitrogens with one attached hydrogen (secondary N) is 1. The molecular formula is C32H36ClN3O5. The van der Waals surface area contributed by atoms with Crippen molar-refractivity contribution in [3.05, 3.63) is 87.9 Å². The number of nitrogens with zero attached hydrogens (tertiary/aromatic N) is 2. The first-order chi connectivity index (χ1) is 19.7. The Kier molecular flexibility index (Phi) is 10.0. The second-order valence-corrected chi connectivity index (χ2v) is 10.8. The van der Waals surface area contributed by atoms with Gasteiger partial charge in [-0.05, 0) is 88.8 Å². The van der Waals surface area contributed by atoms with Gasteiger partial charge in [0.15, 0.2) is 0 Å². The monoisotopic (exact) mass is 577 g/mol. The summed E-state index contributed by atoms with van der Waals surface area (Å²) < 4.78 is 11.5. The molecule has 0 fully saturated rings. The van der Waals surface area contributed by atoms with E-state index >= 15 is 0 Å². The molecule has 1 atom stereocenters. The van der Waals surface area contributed by atoms with Crippen LogP contribution in [0.2, 0.25) is 5.02 Å². The Labute approximate surface area is 246 Å². The number of esters is 1.